The molecular weight excluding hydrogens is 330 g/mol. The Hall–Kier alpha value is -1.89. The van der Waals surface area contributed by atoms with Crippen LogP contribution in [0.1, 0.15) is 20.3 Å². The lowest BCUT2D eigenvalue weighted by molar-refractivity contribution is -0.117. The predicted octanol–water partition coefficient (Wildman–Crippen LogP) is 3.05. The van der Waals surface area contributed by atoms with Crippen LogP contribution in [0, 0.1) is 0 Å². The van der Waals surface area contributed by atoms with E-state index in [0.717, 1.165) is 5.39 Å². The Morgan fingerprint density at radius 3 is 2.71 bits per heavy atom. The second-order valence-corrected chi connectivity index (χ2v) is 6.48. The molecule has 6 nitrogen and oxygen atoms in total. The number of hydrogen-bond acceptors (Lipinski definition) is 5. The van der Waals surface area contributed by atoms with Crippen molar-refractivity contribution in [2.24, 2.45) is 0 Å². The Bertz CT molecular complexity index is 729. The van der Waals surface area contributed by atoms with Crippen molar-refractivity contribution >= 4 is 39.8 Å². The van der Waals surface area contributed by atoms with E-state index in [1.807, 2.05) is 24.3 Å². The fraction of sp³-hybridized carbons (Fsp3) is 0.412. The highest BCUT2D eigenvalue weighted by Crippen LogP contribution is 2.36. The number of carbonyl (C=O) groups excluding carboxylic acids is 1. The van der Waals surface area contributed by atoms with Gasteiger partial charge < -0.3 is 20.5 Å². The standard InChI is InChI=1S/C17H22ClN3O3/c1-17(2,23)10-19-14-11-6-4-5-7-12(11)20-16(18)15(14)21-13(22)8-9-24-3/h4-7,23H,8-10H2,1-3H3,(H,19,20)(H,21,22). The summed E-state index contributed by atoms with van der Waals surface area (Å²) in [5, 5.41) is 17.0. The maximum absolute atomic E-state index is 12.1. The summed E-state index contributed by atoms with van der Waals surface area (Å²) in [5.41, 5.74) is 0.823. The van der Waals surface area contributed by atoms with Crippen molar-refractivity contribution in [2.75, 3.05) is 30.9 Å². The van der Waals surface area contributed by atoms with Gasteiger partial charge in [-0.3, -0.25) is 4.79 Å². The van der Waals surface area contributed by atoms with Crippen LogP contribution >= 0.6 is 11.6 Å². The number of hydrogen-bond donors (Lipinski definition) is 3. The summed E-state index contributed by atoms with van der Waals surface area (Å²) in [6.07, 6.45) is 0.213. The van der Waals surface area contributed by atoms with Crippen LogP contribution in [0.15, 0.2) is 24.3 Å². The normalized spacial score (nSPS) is 11.5. The summed E-state index contributed by atoms with van der Waals surface area (Å²) in [4.78, 5) is 16.4. The first-order valence-electron chi connectivity index (χ1n) is 7.65. The van der Waals surface area contributed by atoms with E-state index >= 15 is 0 Å². The van der Waals surface area contributed by atoms with Gasteiger partial charge in [-0.25, -0.2) is 4.98 Å². The van der Waals surface area contributed by atoms with Gasteiger partial charge in [0.1, 0.15) is 5.69 Å². The molecule has 2 rings (SSSR count). The van der Waals surface area contributed by atoms with E-state index in [2.05, 4.69) is 15.6 Å². The first kappa shape index (κ1) is 18.4. The Kier molecular flexibility index (Phi) is 5.99. The van der Waals surface area contributed by atoms with Crippen LogP contribution < -0.4 is 10.6 Å². The van der Waals surface area contributed by atoms with Gasteiger partial charge in [0.05, 0.1) is 29.8 Å². The van der Waals surface area contributed by atoms with Crippen molar-refractivity contribution in [3.05, 3.63) is 29.4 Å². The summed E-state index contributed by atoms with van der Waals surface area (Å²) < 4.78 is 4.91. The second kappa shape index (κ2) is 7.79. The minimum Gasteiger partial charge on any atom is -0.389 e. The van der Waals surface area contributed by atoms with Crippen molar-refractivity contribution in [1.82, 2.24) is 4.98 Å². The van der Waals surface area contributed by atoms with Gasteiger partial charge in [-0.05, 0) is 19.9 Å². The number of para-hydroxylation sites is 1. The van der Waals surface area contributed by atoms with Crippen molar-refractivity contribution in [3.8, 4) is 0 Å². The molecule has 2 aromatic rings. The van der Waals surface area contributed by atoms with E-state index in [-0.39, 0.29) is 24.0 Å². The molecule has 1 heterocycles. The average Bonchev–Trinajstić information content (AvgIpc) is 2.51. The lowest BCUT2D eigenvalue weighted by atomic mass is 10.1. The maximum atomic E-state index is 12.1. The van der Waals surface area contributed by atoms with Crippen LogP contribution in [-0.4, -0.2) is 41.9 Å². The molecule has 0 aliphatic rings. The van der Waals surface area contributed by atoms with Gasteiger partial charge in [-0.2, -0.15) is 0 Å². The van der Waals surface area contributed by atoms with Crippen LogP contribution in [-0.2, 0) is 9.53 Å². The van der Waals surface area contributed by atoms with E-state index in [9.17, 15) is 9.90 Å². The number of aromatic nitrogens is 1. The number of ether oxygens (including phenoxy) is 1. The molecular formula is C17H22ClN3O3. The van der Waals surface area contributed by atoms with E-state index in [4.69, 9.17) is 16.3 Å². The van der Waals surface area contributed by atoms with Crippen molar-refractivity contribution in [2.45, 2.75) is 25.9 Å². The van der Waals surface area contributed by atoms with Crippen LogP contribution in [0.4, 0.5) is 11.4 Å². The monoisotopic (exact) mass is 351 g/mol. The molecule has 0 fully saturated rings. The Morgan fingerprint density at radius 2 is 2.04 bits per heavy atom. The topological polar surface area (TPSA) is 83.5 Å². The number of anilines is 2. The molecule has 0 spiro atoms. The number of aliphatic hydroxyl groups is 1. The Balaban J connectivity index is 2.43. The number of rotatable bonds is 7. The predicted molar refractivity (Wildman–Crippen MR) is 96.7 cm³/mol. The smallest absolute Gasteiger partial charge is 0.226 e. The molecule has 0 unspecified atom stereocenters. The van der Waals surface area contributed by atoms with Gasteiger partial charge in [-0.1, -0.05) is 29.8 Å². The second-order valence-electron chi connectivity index (χ2n) is 6.13. The minimum absolute atomic E-state index is 0.192. The highest BCUT2D eigenvalue weighted by atomic mass is 35.5. The molecule has 1 aromatic heterocycles. The number of nitrogens with one attached hydrogen (secondary N) is 2. The minimum atomic E-state index is -0.922. The zero-order chi connectivity index (χ0) is 17.7. The molecule has 0 bridgehead atoms. The zero-order valence-electron chi connectivity index (χ0n) is 14.0. The third-order valence-corrected chi connectivity index (χ3v) is 3.62. The molecule has 0 saturated heterocycles. The van der Waals surface area contributed by atoms with Gasteiger partial charge in [0.25, 0.3) is 0 Å². The van der Waals surface area contributed by atoms with Gasteiger partial charge in [0, 0.05) is 19.0 Å². The molecule has 0 aliphatic heterocycles. The van der Waals surface area contributed by atoms with Gasteiger partial charge in [-0.15, -0.1) is 0 Å². The first-order valence-corrected chi connectivity index (χ1v) is 8.03. The fourth-order valence-corrected chi connectivity index (χ4v) is 2.41. The Labute approximate surface area is 146 Å². The third-order valence-electron chi connectivity index (χ3n) is 3.34. The fourth-order valence-electron chi connectivity index (χ4n) is 2.18. The van der Waals surface area contributed by atoms with Crippen molar-refractivity contribution in [3.63, 3.8) is 0 Å². The molecule has 0 radical (unpaired) electrons. The molecule has 7 heteroatoms. The van der Waals surface area contributed by atoms with Crippen LogP contribution in [0.25, 0.3) is 10.9 Å². The molecule has 24 heavy (non-hydrogen) atoms. The summed E-state index contributed by atoms with van der Waals surface area (Å²) >= 11 is 6.28. The SMILES string of the molecule is COCCC(=O)Nc1c(Cl)nc2ccccc2c1NCC(C)(C)O. The molecule has 0 atom stereocenters. The van der Waals surface area contributed by atoms with Crippen LogP contribution in [0.2, 0.25) is 5.15 Å². The quantitative estimate of drug-likeness (QED) is 0.668. The van der Waals surface area contributed by atoms with Gasteiger partial charge >= 0.3 is 0 Å². The third kappa shape index (κ3) is 4.80. The number of amides is 1. The first-order chi connectivity index (χ1) is 11.3. The van der Waals surface area contributed by atoms with E-state index in [1.54, 1.807) is 13.8 Å². The van der Waals surface area contributed by atoms with E-state index < -0.39 is 5.60 Å². The molecule has 3 N–H and O–H groups in total. The highest BCUT2D eigenvalue weighted by Gasteiger charge is 2.19. The maximum Gasteiger partial charge on any atom is 0.226 e. The number of halogens is 1. The van der Waals surface area contributed by atoms with E-state index in [1.165, 1.54) is 7.11 Å². The number of benzene rings is 1. The summed E-state index contributed by atoms with van der Waals surface area (Å²) in [6.45, 7) is 4.00. The van der Waals surface area contributed by atoms with E-state index in [0.29, 0.717) is 23.5 Å². The van der Waals surface area contributed by atoms with Crippen LogP contribution in [0.5, 0.6) is 0 Å². The largest absolute Gasteiger partial charge is 0.389 e. The summed E-state index contributed by atoms with van der Waals surface area (Å²) in [5.74, 6) is -0.220. The lowest BCUT2D eigenvalue weighted by Crippen LogP contribution is -2.30. The van der Waals surface area contributed by atoms with Crippen molar-refractivity contribution in [1.29, 1.82) is 0 Å². The van der Waals surface area contributed by atoms with Crippen molar-refractivity contribution < 1.29 is 14.6 Å². The average molecular weight is 352 g/mol. The molecule has 0 saturated carbocycles. The molecule has 1 aromatic carbocycles. The number of nitrogens with zero attached hydrogens (tertiary/aromatic N) is 1. The number of fused-ring (bicyclic) bond motifs is 1. The molecule has 130 valence electrons. The molecule has 1 amide bonds. The molecule has 0 aliphatic carbocycles. The van der Waals surface area contributed by atoms with Crippen LogP contribution in [0.3, 0.4) is 0 Å². The number of carbonyl (C=O) groups is 1. The highest BCUT2D eigenvalue weighted by molar-refractivity contribution is 6.34. The summed E-state index contributed by atoms with van der Waals surface area (Å²) in [6, 6.07) is 7.47. The zero-order valence-corrected chi connectivity index (χ0v) is 14.8. The summed E-state index contributed by atoms with van der Waals surface area (Å²) in [7, 11) is 1.54. The van der Waals surface area contributed by atoms with Gasteiger partial charge in [0.15, 0.2) is 5.15 Å². The number of pyridine rings is 1. The van der Waals surface area contributed by atoms with Gasteiger partial charge in [0.2, 0.25) is 5.91 Å². The number of methoxy groups -OCH3 is 1. The Morgan fingerprint density at radius 1 is 1.33 bits per heavy atom. The lowest BCUT2D eigenvalue weighted by Gasteiger charge is -2.22.